The average molecular weight is 240 g/mol. The fourth-order valence-electron chi connectivity index (χ4n) is 2.19. The predicted octanol–water partition coefficient (Wildman–Crippen LogP) is 2.62. The molecule has 1 aliphatic rings. The van der Waals surface area contributed by atoms with Gasteiger partial charge in [-0.05, 0) is 42.0 Å². The Balaban J connectivity index is 2.17. The Kier molecular flexibility index (Phi) is 4.18. The van der Waals surface area contributed by atoms with Crippen molar-refractivity contribution in [1.82, 2.24) is 10.3 Å². The summed E-state index contributed by atoms with van der Waals surface area (Å²) in [6, 6.07) is 1.85. The summed E-state index contributed by atoms with van der Waals surface area (Å²) in [6.45, 7) is 2.99. The summed E-state index contributed by atoms with van der Waals surface area (Å²) in [4.78, 5) is 3.94. The highest BCUT2D eigenvalue weighted by atomic mass is 32.2. The van der Waals surface area contributed by atoms with E-state index in [0.29, 0.717) is 5.92 Å². The lowest BCUT2D eigenvalue weighted by Crippen LogP contribution is -2.28. The van der Waals surface area contributed by atoms with Gasteiger partial charge < -0.3 is 5.32 Å². The smallest absolute Gasteiger partial charge is 0.141 e. The van der Waals surface area contributed by atoms with Crippen LogP contribution in [-0.2, 0) is 0 Å². The van der Waals surface area contributed by atoms with Crippen LogP contribution in [0.1, 0.15) is 24.9 Å². The maximum absolute atomic E-state index is 13.2. The first-order valence-corrected chi connectivity index (χ1v) is 6.88. The molecule has 2 unspecified atom stereocenters. The van der Waals surface area contributed by atoms with Crippen molar-refractivity contribution < 1.29 is 4.39 Å². The number of hydrogen-bond acceptors (Lipinski definition) is 3. The molecule has 0 aliphatic carbocycles. The van der Waals surface area contributed by atoms with Crippen LogP contribution >= 0.6 is 11.8 Å². The zero-order chi connectivity index (χ0) is 11.4. The van der Waals surface area contributed by atoms with Crippen molar-refractivity contribution in [3.05, 3.63) is 29.8 Å². The molecule has 16 heavy (non-hydrogen) atoms. The Bertz CT molecular complexity index is 340. The molecule has 1 aliphatic heterocycles. The van der Waals surface area contributed by atoms with Gasteiger partial charge in [-0.25, -0.2) is 4.39 Å². The molecule has 0 spiro atoms. The van der Waals surface area contributed by atoms with E-state index in [2.05, 4.69) is 17.2 Å². The zero-order valence-corrected chi connectivity index (χ0v) is 10.3. The van der Waals surface area contributed by atoms with E-state index in [0.717, 1.165) is 17.9 Å². The number of rotatable bonds is 4. The summed E-state index contributed by atoms with van der Waals surface area (Å²) in [5, 5.41) is 3.45. The summed E-state index contributed by atoms with van der Waals surface area (Å²) in [7, 11) is 0. The molecule has 0 bridgehead atoms. The molecule has 0 saturated carbocycles. The molecule has 1 saturated heterocycles. The normalized spacial score (nSPS) is 22.2. The number of pyridine rings is 1. The molecule has 0 radical (unpaired) electrons. The van der Waals surface area contributed by atoms with Crippen LogP contribution in [0.5, 0.6) is 0 Å². The van der Waals surface area contributed by atoms with E-state index in [4.69, 9.17) is 0 Å². The monoisotopic (exact) mass is 240 g/mol. The van der Waals surface area contributed by atoms with Crippen molar-refractivity contribution in [3.63, 3.8) is 0 Å². The van der Waals surface area contributed by atoms with Crippen LogP contribution in [0.25, 0.3) is 0 Å². The first kappa shape index (κ1) is 11.9. The van der Waals surface area contributed by atoms with E-state index in [1.165, 1.54) is 18.4 Å². The van der Waals surface area contributed by atoms with Gasteiger partial charge >= 0.3 is 0 Å². The minimum atomic E-state index is -0.244. The van der Waals surface area contributed by atoms with Crippen LogP contribution in [0, 0.1) is 11.7 Å². The molecule has 1 aromatic rings. The van der Waals surface area contributed by atoms with Crippen LogP contribution in [-0.4, -0.2) is 23.0 Å². The second kappa shape index (κ2) is 5.64. The summed E-state index contributed by atoms with van der Waals surface area (Å²) in [5.41, 5.74) is 0.981. The number of thioether (sulfide) groups is 1. The summed E-state index contributed by atoms with van der Waals surface area (Å²) in [5.74, 6) is 2.74. The molecule has 2 heterocycles. The molecule has 1 aromatic heterocycles. The van der Waals surface area contributed by atoms with Gasteiger partial charge in [0.25, 0.3) is 0 Å². The molecular weight excluding hydrogens is 223 g/mol. The maximum Gasteiger partial charge on any atom is 0.141 e. The molecule has 1 fully saturated rings. The highest BCUT2D eigenvalue weighted by Gasteiger charge is 2.26. The Hall–Kier alpha value is -0.610. The molecule has 0 aromatic carbocycles. The van der Waals surface area contributed by atoms with Crippen molar-refractivity contribution in [1.29, 1.82) is 0 Å². The third kappa shape index (κ3) is 2.74. The third-order valence-corrected chi connectivity index (χ3v) is 4.13. The molecule has 2 atom stereocenters. The molecular formula is C12H17FN2S. The molecule has 2 nitrogen and oxygen atoms in total. The minimum Gasteiger partial charge on any atom is -0.310 e. The van der Waals surface area contributed by atoms with Crippen molar-refractivity contribution in [2.24, 2.45) is 5.92 Å². The highest BCUT2D eigenvalue weighted by molar-refractivity contribution is 7.99. The highest BCUT2D eigenvalue weighted by Crippen LogP contribution is 2.33. The standard InChI is InChI=1S/C12H17FN2S/c1-2-15-12(9-3-4-16-8-9)10-5-11(13)7-14-6-10/h5-7,9,12,15H,2-4,8H2,1H3. The number of aromatic nitrogens is 1. The van der Waals surface area contributed by atoms with Gasteiger partial charge in [-0.3, -0.25) is 4.98 Å². The van der Waals surface area contributed by atoms with E-state index in [1.54, 1.807) is 12.3 Å². The first-order chi connectivity index (χ1) is 7.81. The van der Waals surface area contributed by atoms with Gasteiger partial charge in [-0.1, -0.05) is 6.92 Å². The average Bonchev–Trinajstić information content (AvgIpc) is 2.79. The molecule has 0 amide bonds. The topological polar surface area (TPSA) is 24.9 Å². The lowest BCUT2D eigenvalue weighted by atomic mass is 9.93. The predicted molar refractivity (Wildman–Crippen MR) is 66.0 cm³/mol. The van der Waals surface area contributed by atoms with E-state index in [-0.39, 0.29) is 11.9 Å². The van der Waals surface area contributed by atoms with Gasteiger partial charge in [0, 0.05) is 12.2 Å². The summed E-state index contributed by atoms with van der Waals surface area (Å²) in [6.07, 6.45) is 4.24. The lowest BCUT2D eigenvalue weighted by molar-refractivity contribution is 0.399. The lowest BCUT2D eigenvalue weighted by Gasteiger charge is -2.23. The molecule has 4 heteroatoms. The minimum absolute atomic E-state index is 0.244. The molecule has 88 valence electrons. The number of halogens is 1. The van der Waals surface area contributed by atoms with Crippen LogP contribution in [0.2, 0.25) is 0 Å². The number of nitrogens with one attached hydrogen (secondary N) is 1. The van der Waals surface area contributed by atoms with Crippen molar-refractivity contribution in [2.75, 3.05) is 18.1 Å². The number of nitrogens with zero attached hydrogens (tertiary/aromatic N) is 1. The Morgan fingerprint density at radius 1 is 1.62 bits per heavy atom. The summed E-state index contributed by atoms with van der Waals surface area (Å²) >= 11 is 1.98. The van der Waals surface area contributed by atoms with Gasteiger partial charge in [-0.2, -0.15) is 11.8 Å². The van der Waals surface area contributed by atoms with Crippen LogP contribution < -0.4 is 5.32 Å². The van der Waals surface area contributed by atoms with Crippen molar-refractivity contribution in [2.45, 2.75) is 19.4 Å². The Labute approximate surface area is 100 Å². The van der Waals surface area contributed by atoms with Gasteiger partial charge in [0.05, 0.1) is 6.20 Å². The van der Waals surface area contributed by atoms with Crippen LogP contribution in [0.15, 0.2) is 18.5 Å². The van der Waals surface area contributed by atoms with E-state index in [9.17, 15) is 4.39 Å². The second-order valence-electron chi connectivity index (χ2n) is 4.10. The Morgan fingerprint density at radius 3 is 3.12 bits per heavy atom. The zero-order valence-electron chi connectivity index (χ0n) is 9.45. The third-order valence-electron chi connectivity index (χ3n) is 2.95. The fourth-order valence-corrected chi connectivity index (χ4v) is 3.49. The largest absolute Gasteiger partial charge is 0.310 e. The van der Waals surface area contributed by atoms with Crippen LogP contribution in [0.4, 0.5) is 4.39 Å². The Morgan fingerprint density at radius 2 is 2.50 bits per heavy atom. The SMILES string of the molecule is CCNC(c1cncc(F)c1)C1CCSC1. The van der Waals surface area contributed by atoms with E-state index in [1.807, 2.05) is 11.8 Å². The van der Waals surface area contributed by atoms with E-state index >= 15 is 0 Å². The maximum atomic E-state index is 13.2. The molecule has 1 N–H and O–H groups in total. The first-order valence-electron chi connectivity index (χ1n) is 5.73. The fraction of sp³-hybridized carbons (Fsp3) is 0.583. The second-order valence-corrected chi connectivity index (χ2v) is 5.25. The van der Waals surface area contributed by atoms with Gasteiger partial charge in [-0.15, -0.1) is 0 Å². The number of hydrogen-bond donors (Lipinski definition) is 1. The molecule has 2 rings (SSSR count). The van der Waals surface area contributed by atoms with Gasteiger partial charge in [0.15, 0.2) is 0 Å². The van der Waals surface area contributed by atoms with Gasteiger partial charge in [0.2, 0.25) is 0 Å². The van der Waals surface area contributed by atoms with Crippen molar-refractivity contribution in [3.8, 4) is 0 Å². The van der Waals surface area contributed by atoms with Crippen LogP contribution in [0.3, 0.4) is 0 Å². The van der Waals surface area contributed by atoms with Gasteiger partial charge in [0.1, 0.15) is 5.82 Å². The van der Waals surface area contributed by atoms with Crippen molar-refractivity contribution >= 4 is 11.8 Å². The quantitative estimate of drug-likeness (QED) is 0.875. The van der Waals surface area contributed by atoms with E-state index < -0.39 is 0 Å². The summed E-state index contributed by atoms with van der Waals surface area (Å²) < 4.78 is 13.2.